The molecule has 2 bridgehead atoms. The molecular weight excluding hydrogens is 368 g/mol. The molecule has 1 amide bonds. The lowest BCUT2D eigenvalue weighted by Crippen LogP contribution is -2.62. The van der Waals surface area contributed by atoms with Gasteiger partial charge in [0.15, 0.2) is 0 Å². The summed E-state index contributed by atoms with van der Waals surface area (Å²) in [5, 5.41) is 3.80. The van der Waals surface area contributed by atoms with E-state index in [0.29, 0.717) is 18.0 Å². The molecule has 3 nitrogen and oxygen atoms in total. The summed E-state index contributed by atoms with van der Waals surface area (Å²) in [6, 6.07) is 18.2. The Kier molecular flexibility index (Phi) is 5.02. The van der Waals surface area contributed by atoms with Gasteiger partial charge in [-0.25, -0.2) is 0 Å². The number of nitrogens with one attached hydrogen (secondary N) is 1. The van der Waals surface area contributed by atoms with Gasteiger partial charge in [0.05, 0.1) is 0 Å². The Morgan fingerprint density at radius 3 is 2.90 bits per heavy atom. The summed E-state index contributed by atoms with van der Waals surface area (Å²) in [7, 11) is 2.00. The van der Waals surface area contributed by atoms with Crippen molar-refractivity contribution >= 4 is 12.0 Å². The molecule has 0 radical (unpaired) electrons. The van der Waals surface area contributed by atoms with Crippen LogP contribution < -0.4 is 5.32 Å². The molecule has 3 aliphatic rings. The molecule has 0 spiro atoms. The first kappa shape index (κ1) is 19.6. The van der Waals surface area contributed by atoms with E-state index in [1.807, 2.05) is 24.1 Å². The Bertz CT molecular complexity index is 980. The van der Waals surface area contributed by atoms with Gasteiger partial charge >= 0.3 is 0 Å². The molecule has 0 unspecified atom stereocenters. The first-order valence-electron chi connectivity index (χ1n) is 11.4. The van der Waals surface area contributed by atoms with Crippen LogP contribution in [-0.4, -0.2) is 36.5 Å². The zero-order chi connectivity index (χ0) is 20.7. The lowest BCUT2D eigenvalue weighted by Gasteiger charge is -2.58. The molecule has 1 saturated carbocycles. The standard InChI is InChI=1S/C27H32N2O/c1-19-6-5-7-20(16-19)10-13-26(30)29(2)22-11-12-24-25-17-21-8-3-4-9-23(21)27(24,18-22)14-15-28-25/h3-10,13,16,22,24-25,28H,11-12,14-15,17-18H2,1-2H3/t22-,24-,25+,27+/m0/s1. The molecule has 5 rings (SSSR count). The minimum absolute atomic E-state index is 0.117. The zero-order valence-corrected chi connectivity index (χ0v) is 18.1. The highest BCUT2D eigenvalue weighted by Gasteiger charge is 2.53. The van der Waals surface area contributed by atoms with E-state index in [1.54, 1.807) is 11.6 Å². The SMILES string of the molecule is Cc1cccc(C=CC(=O)N(C)[C@H]2CC[C@H]3[C@H]4Cc5ccccc5[C@@]3(CCN4)C2)c1. The normalized spacial score (nSPS) is 29.9. The largest absolute Gasteiger partial charge is 0.339 e. The first-order chi connectivity index (χ1) is 14.6. The number of piperidine rings is 1. The third-order valence-electron chi connectivity index (χ3n) is 7.93. The van der Waals surface area contributed by atoms with E-state index in [9.17, 15) is 4.79 Å². The maximum Gasteiger partial charge on any atom is 0.246 e. The average molecular weight is 401 g/mol. The maximum atomic E-state index is 13.0. The second kappa shape index (κ2) is 7.70. The van der Waals surface area contributed by atoms with E-state index in [1.165, 1.54) is 24.0 Å². The minimum atomic E-state index is 0.117. The lowest BCUT2D eigenvalue weighted by molar-refractivity contribution is -0.128. The van der Waals surface area contributed by atoms with Gasteiger partial charge in [-0.1, -0.05) is 54.1 Å². The molecular formula is C27H32N2O. The molecule has 3 heteroatoms. The molecule has 1 aliphatic heterocycles. The van der Waals surface area contributed by atoms with E-state index in [0.717, 1.165) is 31.4 Å². The van der Waals surface area contributed by atoms with E-state index < -0.39 is 0 Å². The molecule has 156 valence electrons. The summed E-state index contributed by atoms with van der Waals surface area (Å²) in [4.78, 5) is 15.0. The van der Waals surface area contributed by atoms with Crippen molar-refractivity contribution in [2.45, 2.75) is 56.5 Å². The van der Waals surface area contributed by atoms with Crippen LogP contribution in [-0.2, 0) is 16.6 Å². The van der Waals surface area contributed by atoms with E-state index in [2.05, 4.69) is 54.7 Å². The summed E-state index contributed by atoms with van der Waals surface area (Å²) >= 11 is 0. The van der Waals surface area contributed by atoms with Crippen molar-refractivity contribution in [1.82, 2.24) is 10.2 Å². The van der Waals surface area contributed by atoms with Gasteiger partial charge < -0.3 is 10.2 Å². The van der Waals surface area contributed by atoms with Crippen LogP contribution in [0.3, 0.4) is 0 Å². The Morgan fingerprint density at radius 1 is 1.17 bits per heavy atom. The van der Waals surface area contributed by atoms with Gasteiger partial charge in [0.2, 0.25) is 5.91 Å². The van der Waals surface area contributed by atoms with Crippen molar-refractivity contribution in [2.75, 3.05) is 13.6 Å². The van der Waals surface area contributed by atoms with Crippen LogP contribution in [0, 0.1) is 12.8 Å². The number of hydrogen-bond donors (Lipinski definition) is 1. The summed E-state index contributed by atoms with van der Waals surface area (Å²) in [6.07, 6.45) is 9.44. The number of amides is 1. The van der Waals surface area contributed by atoms with Crippen molar-refractivity contribution in [3.63, 3.8) is 0 Å². The van der Waals surface area contributed by atoms with Gasteiger partial charge in [0.25, 0.3) is 0 Å². The molecule has 0 aromatic heterocycles. The number of likely N-dealkylation sites (N-methyl/N-ethyl adjacent to an activating group) is 1. The lowest BCUT2D eigenvalue weighted by atomic mass is 9.52. The maximum absolute atomic E-state index is 13.0. The van der Waals surface area contributed by atoms with Crippen LogP contribution in [0.15, 0.2) is 54.6 Å². The van der Waals surface area contributed by atoms with Gasteiger partial charge in [-0.05, 0) is 74.3 Å². The van der Waals surface area contributed by atoms with Crippen molar-refractivity contribution in [3.8, 4) is 0 Å². The van der Waals surface area contributed by atoms with Crippen molar-refractivity contribution < 1.29 is 4.79 Å². The highest BCUT2D eigenvalue weighted by Crippen LogP contribution is 2.54. The molecule has 2 aromatic carbocycles. The quantitative estimate of drug-likeness (QED) is 0.770. The second-order valence-corrected chi connectivity index (χ2v) is 9.57. The number of benzene rings is 2. The topological polar surface area (TPSA) is 32.3 Å². The number of carbonyl (C=O) groups is 1. The predicted octanol–water partition coefficient (Wildman–Crippen LogP) is 4.49. The van der Waals surface area contributed by atoms with Gasteiger partial charge in [-0.15, -0.1) is 0 Å². The number of carbonyl (C=O) groups excluding carboxylic acids is 1. The fraction of sp³-hybridized carbons (Fsp3) is 0.444. The zero-order valence-electron chi connectivity index (χ0n) is 18.1. The molecule has 1 saturated heterocycles. The highest BCUT2D eigenvalue weighted by molar-refractivity contribution is 5.91. The summed E-state index contributed by atoms with van der Waals surface area (Å²) in [5.74, 6) is 0.815. The van der Waals surface area contributed by atoms with Crippen LogP contribution in [0.5, 0.6) is 0 Å². The summed E-state index contributed by atoms with van der Waals surface area (Å²) in [5.41, 5.74) is 5.60. The van der Waals surface area contributed by atoms with Crippen molar-refractivity contribution in [1.29, 1.82) is 0 Å². The smallest absolute Gasteiger partial charge is 0.246 e. The van der Waals surface area contributed by atoms with Gasteiger partial charge in [0, 0.05) is 30.6 Å². The first-order valence-corrected chi connectivity index (χ1v) is 11.4. The molecule has 4 atom stereocenters. The van der Waals surface area contributed by atoms with E-state index in [4.69, 9.17) is 0 Å². The Labute approximate surface area is 180 Å². The van der Waals surface area contributed by atoms with Crippen LogP contribution >= 0.6 is 0 Å². The third kappa shape index (κ3) is 3.30. The van der Waals surface area contributed by atoms with Crippen LogP contribution in [0.4, 0.5) is 0 Å². The Hall–Kier alpha value is -2.39. The minimum Gasteiger partial charge on any atom is -0.339 e. The number of fused-ring (bicyclic) bond motifs is 1. The van der Waals surface area contributed by atoms with E-state index in [-0.39, 0.29) is 11.3 Å². The third-order valence-corrected chi connectivity index (χ3v) is 7.93. The fourth-order valence-electron chi connectivity index (χ4n) is 6.47. The van der Waals surface area contributed by atoms with Crippen LogP contribution in [0.25, 0.3) is 6.08 Å². The Balaban J connectivity index is 1.38. The van der Waals surface area contributed by atoms with Crippen molar-refractivity contribution in [2.24, 2.45) is 5.92 Å². The van der Waals surface area contributed by atoms with Gasteiger partial charge in [-0.3, -0.25) is 4.79 Å². The van der Waals surface area contributed by atoms with Crippen LogP contribution in [0.2, 0.25) is 0 Å². The van der Waals surface area contributed by atoms with Crippen molar-refractivity contribution in [3.05, 3.63) is 76.9 Å². The molecule has 2 aliphatic carbocycles. The molecule has 1 N–H and O–H groups in total. The monoisotopic (exact) mass is 400 g/mol. The highest BCUT2D eigenvalue weighted by atomic mass is 16.2. The van der Waals surface area contributed by atoms with Gasteiger partial charge in [0.1, 0.15) is 0 Å². The fourth-order valence-corrected chi connectivity index (χ4v) is 6.47. The van der Waals surface area contributed by atoms with E-state index >= 15 is 0 Å². The number of rotatable bonds is 3. The average Bonchev–Trinajstić information content (AvgIpc) is 2.76. The summed E-state index contributed by atoms with van der Waals surface area (Å²) < 4.78 is 0. The predicted molar refractivity (Wildman–Crippen MR) is 122 cm³/mol. The molecule has 2 aromatic rings. The number of aryl methyl sites for hydroxylation is 1. The van der Waals surface area contributed by atoms with Gasteiger partial charge in [-0.2, -0.15) is 0 Å². The number of hydrogen-bond acceptors (Lipinski definition) is 2. The second-order valence-electron chi connectivity index (χ2n) is 9.57. The molecule has 2 fully saturated rings. The number of nitrogens with zero attached hydrogens (tertiary/aromatic N) is 1. The molecule has 1 heterocycles. The summed E-state index contributed by atoms with van der Waals surface area (Å²) in [6.45, 7) is 3.17. The van der Waals surface area contributed by atoms with Crippen LogP contribution in [0.1, 0.15) is 47.9 Å². The Morgan fingerprint density at radius 2 is 2.03 bits per heavy atom. The molecule has 30 heavy (non-hydrogen) atoms.